The molecule has 0 spiro atoms. The third kappa shape index (κ3) is 2.83. The highest BCUT2D eigenvalue weighted by atomic mass is 35.5. The van der Waals surface area contributed by atoms with E-state index < -0.39 is 0 Å². The Kier molecular flexibility index (Phi) is 3.89. The molecule has 94 valence electrons. The first-order chi connectivity index (χ1) is 8.60. The molecule has 1 N–H and O–H groups in total. The molecule has 0 fully saturated rings. The van der Waals surface area contributed by atoms with Crippen LogP contribution in [0.15, 0.2) is 24.3 Å². The first-order valence-electron chi connectivity index (χ1n) is 5.54. The third-order valence-corrected chi connectivity index (χ3v) is 2.67. The number of hydrogen-bond donors (Lipinski definition) is 1. The molecule has 3 nitrogen and oxygen atoms in total. The van der Waals surface area contributed by atoms with Gasteiger partial charge in [0.25, 0.3) is 0 Å². The van der Waals surface area contributed by atoms with Crippen molar-refractivity contribution in [2.24, 2.45) is 0 Å². The van der Waals surface area contributed by atoms with Crippen LogP contribution < -0.4 is 5.32 Å². The predicted octanol–water partition coefficient (Wildman–Crippen LogP) is 2.96. The van der Waals surface area contributed by atoms with Gasteiger partial charge in [-0.2, -0.15) is 0 Å². The molecule has 0 saturated carbocycles. The largest absolute Gasteiger partial charge is 0.313 e. The van der Waals surface area contributed by atoms with E-state index >= 15 is 0 Å². The molecule has 2 aromatic rings. The van der Waals surface area contributed by atoms with Gasteiger partial charge in [0.2, 0.25) is 0 Å². The number of halogens is 2. The summed E-state index contributed by atoms with van der Waals surface area (Å²) in [5.74, 6) is 0.291. The molecule has 1 heterocycles. The molecule has 0 aliphatic heterocycles. The summed E-state index contributed by atoms with van der Waals surface area (Å²) in [7, 11) is 1.81. The first kappa shape index (κ1) is 12.9. The number of benzene rings is 1. The molecule has 0 aliphatic carbocycles. The monoisotopic (exact) mass is 265 g/mol. The maximum absolute atomic E-state index is 13.8. The summed E-state index contributed by atoms with van der Waals surface area (Å²) in [5.41, 5.74) is 1.74. The van der Waals surface area contributed by atoms with Gasteiger partial charge in [0.05, 0.1) is 12.2 Å². The Hall–Kier alpha value is -1.52. The average molecular weight is 266 g/mol. The van der Waals surface area contributed by atoms with Gasteiger partial charge in [0.1, 0.15) is 11.6 Å². The van der Waals surface area contributed by atoms with E-state index in [1.807, 2.05) is 14.0 Å². The van der Waals surface area contributed by atoms with Gasteiger partial charge >= 0.3 is 0 Å². The minimum absolute atomic E-state index is 0.340. The van der Waals surface area contributed by atoms with Gasteiger partial charge in [-0.05, 0) is 38.2 Å². The predicted molar refractivity (Wildman–Crippen MR) is 69.9 cm³/mol. The Morgan fingerprint density at radius 1 is 1.28 bits per heavy atom. The number of hydrogen-bond acceptors (Lipinski definition) is 3. The molecular weight excluding hydrogens is 253 g/mol. The topological polar surface area (TPSA) is 37.8 Å². The van der Waals surface area contributed by atoms with Crippen LogP contribution in [-0.2, 0) is 6.54 Å². The van der Waals surface area contributed by atoms with E-state index in [1.54, 1.807) is 12.1 Å². The average Bonchev–Trinajstić information content (AvgIpc) is 2.32. The normalized spacial score (nSPS) is 10.7. The van der Waals surface area contributed by atoms with Crippen LogP contribution in [0.5, 0.6) is 0 Å². The highest BCUT2D eigenvalue weighted by molar-refractivity contribution is 6.30. The van der Waals surface area contributed by atoms with Crippen molar-refractivity contribution in [3.63, 3.8) is 0 Å². The minimum Gasteiger partial charge on any atom is -0.313 e. The molecule has 2 rings (SSSR count). The summed E-state index contributed by atoms with van der Waals surface area (Å²) >= 11 is 5.89. The van der Waals surface area contributed by atoms with Gasteiger partial charge < -0.3 is 5.32 Å². The van der Waals surface area contributed by atoms with E-state index in [0.717, 1.165) is 5.69 Å². The van der Waals surface area contributed by atoms with Crippen LogP contribution in [0.2, 0.25) is 5.02 Å². The van der Waals surface area contributed by atoms with E-state index in [0.29, 0.717) is 28.6 Å². The second kappa shape index (κ2) is 5.42. The fourth-order valence-electron chi connectivity index (χ4n) is 1.70. The van der Waals surface area contributed by atoms with Crippen molar-refractivity contribution in [2.75, 3.05) is 7.05 Å². The van der Waals surface area contributed by atoms with E-state index in [-0.39, 0.29) is 5.82 Å². The first-order valence-corrected chi connectivity index (χ1v) is 5.92. The second-order valence-electron chi connectivity index (χ2n) is 3.97. The molecule has 1 aromatic carbocycles. The maximum atomic E-state index is 13.8. The van der Waals surface area contributed by atoms with Crippen LogP contribution >= 0.6 is 11.6 Å². The number of aromatic nitrogens is 2. The lowest BCUT2D eigenvalue weighted by Gasteiger charge is -2.07. The summed E-state index contributed by atoms with van der Waals surface area (Å²) in [6.45, 7) is 2.39. The molecule has 18 heavy (non-hydrogen) atoms. The number of rotatable bonds is 3. The lowest BCUT2D eigenvalue weighted by atomic mass is 10.1. The van der Waals surface area contributed by atoms with Gasteiger partial charge in [-0.1, -0.05) is 11.6 Å². The molecule has 1 aromatic heterocycles. The molecule has 0 amide bonds. The van der Waals surface area contributed by atoms with E-state index in [2.05, 4.69) is 15.3 Å². The van der Waals surface area contributed by atoms with Crippen LogP contribution in [0.3, 0.4) is 0 Å². The Bertz CT molecular complexity index is 572. The van der Waals surface area contributed by atoms with Crippen LogP contribution in [0, 0.1) is 12.7 Å². The lowest BCUT2D eigenvalue weighted by molar-refractivity contribution is 0.630. The number of nitrogens with one attached hydrogen (secondary N) is 1. The second-order valence-corrected chi connectivity index (χ2v) is 4.40. The lowest BCUT2D eigenvalue weighted by Crippen LogP contribution is -2.10. The standard InChI is InChI=1S/C13H13ClFN3/c1-8-5-12(18-13(17-8)7-16-2)10-6-9(14)3-4-11(10)15/h3-6,16H,7H2,1-2H3. The molecule has 0 saturated heterocycles. The van der Waals surface area contributed by atoms with Gasteiger partial charge in [-0.25, -0.2) is 14.4 Å². The zero-order chi connectivity index (χ0) is 13.1. The zero-order valence-corrected chi connectivity index (χ0v) is 10.9. The smallest absolute Gasteiger partial charge is 0.143 e. The van der Waals surface area contributed by atoms with Gasteiger partial charge in [0.15, 0.2) is 0 Å². The molecule has 5 heteroatoms. The summed E-state index contributed by atoms with van der Waals surface area (Å²) in [4.78, 5) is 8.60. The van der Waals surface area contributed by atoms with Gasteiger partial charge in [0, 0.05) is 16.3 Å². The van der Waals surface area contributed by atoms with Crippen LogP contribution in [0.25, 0.3) is 11.3 Å². The third-order valence-electron chi connectivity index (χ3n) is 2.44. The van der Waals surface area contributed by atoms with Crippen LogP contribution in [0.4, 0.5) is 4.39 Å². The van der Waals surface area contributed by atoms with Crippen molar-refractivity contribution in [3.05, 3.63) is 46.6 Å². The van der Waals surface area contributed by atoms with E-state index in [1.165, 1.54) is 12.1 Å². The fraction of sp³-hybridized carbons (Fsp3) is 0.231. The van der Waals surface area contributed by atoms with E-state index in [9.17, 15) is 4.39 Å². The molecule has 0 aliphatic rings. The summed E-state index contributed by atoms with van der Waals surface area (Å²) in [6.07, 6.45) is 0. The molecule has 0 atom stereocenters. The fourth-order valence-corrected chi connectivity index (χ4v) is 1.87. The highest BCUT2D eigenvalue weighted by Crippen LogP contribution is 2.24. The quantitative estimate of drug-likeness (QED) is 0.927. The zero-order valence-electron chi connectivity index (χ0n) is 10.2. The summed E-state index contributed by atoms with van der Waals surface area (Å²) in [6, 6.07) is 6.17. The maximum Gasteiger partial charge on any atom is 0.143 e. The van der Waals surface area contributed by atoms with Crippen LogP contribution in [-0.4, -0.2) is 17.0 Å². The number of nitrogens with zero attached hydrogens (tertiary/aromatic N) is 2. The Morgan fingerprint density at radius 2 is 2.06 bits per heavy atom. The highest BCUT2D eigenvalue weighted by Gasteiger charge is 2.09. The van der Waals surface area contributed by atoms with Crippen molar-refractivity contribution < 1.29 is 4.39 Å². The molecule has 0 radical (unpaired) electrons. The van der Waals surface area contributed by atoms with Gasteiger partial charge in [-0.3, -0.25) is 0 Å². The van der Waals surface area contributed by atoms with E-state index in [4.69, 9.17) is 11.6 Å². The number of aryl methyl sites for hydroxylation is 1. The Labute approximate surface area is 110 Å². The van der Waals surface area contributed by atoms with Crippen molar-refractivity contribution in [1.82, 2.24) is 15.3 Å². The van der Waals surface area contributed by atoms with Crippen molar-refractivity contribution in [2.45, 2.75) is 13.5 Å². The molecule has 0 unspecified atom stereocenters. The summed E-state index contributed by atoms with van der Waals surface area (Å²) < 4.78 is 13.8. The minimum atomic E-state index is -0.340. The van der Waals surface area contributed by atoms with Crippen molar-refractivity contribution in [1.29, 1.82) is 0 Å². The SMILES string of the molecule is CNCc1nc(C)cc(-c2cc(Cl)ccc2F)n1. The van der Waals surface area contributed by atoms with Crippen molar-refractivity contribution in [3.8, 4) is 11.3 Å². The Morgan fingerprint density at radius 3 is 2.78 bits per heavy atom. The van der Waals surface area contributed by atoms with Crippen molar-refractivity contribution >= 4 is 11.6 Å². The molecular formula is C13H13ClFN3. The summed E-state index contributed by atoms with van der Waals surface area (Å²) in [5, 5.41) is 3.46. The van der Waals surface area contributed by atoms with Gasteiger partial charge in [-0.15, -0.1) is 0 Å². The molecule has 0 bridgehead atoms. The van der Waals surface area contributed by atoms with Crippen LogP contribution in [0.1, 0.15) is 11.5 Å². The Balaban J connectivity index is 2.52.